The molecule has 4 N–H and O–H groups in total. The summed E-state index contributed by atoms with van der Waals surface area (Å²) >= 11 is 3.47. The number of nitrogens with one attached hydrogen (secondary N) is 4. The van der Waals surface area contributed by atoms with Gasteiger partial charge in [-0.2, -0.15) is 10.5 Å². The normalized spacial score (nSPS) is 19.4. The van der Waals surface area contributed by atoms with Crippen LogP contribution in [0, 0.1) is 0 Å². The van der Waals surface area contributed by atoms with E-state index in [0.29, 0.717) is 46.3 Å². The Balaban J connectivity index is 0.899. The van der Waals surface area contributed by atoms with Crippen LogP contribution < -0.4 is 35.7 Å². The number of benzene rings is 2. The molecule has 17 nitrogen and oxygen atoms in total. The third kappa shape index (κ3) is 6.68. The standard InChI is InChI=1S/C31H31BrN8O9S/c32-19-15-33-31(38-27(19)36-20-4-2-6-23-26(20)48-16-47-23)35-17-9-12-39(13-10-17)50(45,46)14-11-34-49-22-5-1-3-18-25(22)30(44)40(29(18)43)21-7-8-24(41)37-28(21)42/h1-6,15,17,21,34H,7-14,16H2,(H,37,41,42)(H2,33,35,36,38). The molecule has 0 saturated carbocycles. The molecule has 2 saturated heterocycles. The second-order valence-electron chi connectivity index (χ2n) is 11.8. The zero-order valence-corrected chi connectivity index (χ0v) is 28.7. The van der Waals surface area contributed by atoms with Gasteiger partial charge in [-0.05, 0) is 59.5 Å². The van der Waals surface area contributed by atoms with Crippen LogP contribution in [0.3, 0.4) is 0 Å². The Kier molecular flexibility index (Phi) is 9.29. The van der Waals surface area contributed by atoms with Crippen molar-refractivity contribution in [3.05, 3.63) is 58.2 Å². The number of anilines is 3. The Labute approximate surface area is 294 Å². The molecule has 262 valence electrons. The van der Waals surface area contributed by atoms with E-state index in [1.165, 1.54) is 22.5 Å². The van der Waals surface area contributed by atoms with Gasteiger partial charge in [0.15, 0.2) is 17.2 Å². The minimum absolute atomic E-state index is 0.000771. The molecule has 19 heteroatoms. The number of hydrogen-bond acceptors (Lipinski definition) is 14. The summed E-state index contributed by atoms with van der Waals surface area (Å²) in [5.41, 5.74) is 3.28. The smallest absolute Gasteiger partial charge is 0.266 e. The van der Waals surface area contributed by atoms with Crippen molar-refractivity contribution in [2.75, 3.05) is 42.8 Å². The van der Waals surface area contributed by atoms with Gasteiger partial charge >= 0.3 is 0 Å². The molecule has 50 heavy (non-hydrogen) atoms. The van der Waals surface area contributed by atoms with E-state index in [1.54, 1.807) is 6.20 Å². The summed E-state index contributed by atoms with van der Waals surface area (Å²) in [6.45, 7) is 0.608. The zero-order valence-electron chi connectivity index (χ0n) is 26.3. The maximum atomic E-state index is 13.2. The van der Waals surface area contributed by atoms with Crippen molar-refractivity contribution in [1.82, 2.24) is 30.0 Å². The first kappa shape index (κ1) is 33.6. The number of carbonyl (C=O) groups is 4. The number of aromatic nitrogens is 2. The third-order valence-electron chi connectivity index (χ3n) is 8.65. The molecule has 0 aliphatic carbocycles. The lowest BCUT2D eigenvalue weighted by molar-refractivity contribution is -0.136. The summed E-state index contributed by atoms with van der Waals surface area (Å²) < 4.78 is 39.3. The van der Waals surface area contributed by atoms with Gasteiger partial charge in [-0.15, -0.1) is 0 Å². The van der Waals surface area contributed by atoms with Gasteiger partial charge in [-0.25, -0.2) is 17.7 Å². The van der Waals surface area contributed by atoms with Crippen molar-refractivity contribution in [2.45, 2.75) is 37.8 Å². The van der Waals surface area contributed by atoms with E-state index in [9.17, 15) is 27.6 Å². The maximum absolute atomic E-state index is 13.2. The number of hydrogen-bond donors (Lipinski definition) is 4. The van der Waals surface area contributed by atoms with E-state index in [0.717, 1.165) is 4.90 Å². The van der Waals surface area contributed by atoms with Crippen LogP contribution in [-0.2, 0) is 19.6 Å². The first-order valence-corrected chi connectivity index (χ1v) is 18.2. The van der Waals surface area contributed by atoms with Crippen molar-refractivity contribution in [2.24, 2.45) is 0 Å². The van der Waals surface area contributed by atoms with Gasteiger partial charge < -0.3 is 24.9 Å². The van der Waals surface area contributed by atoms with Crippen LogP contribution >= 0.6 is 15.9 Å². The monoisotopic (exact) mass is 770 g/mol. The lowest BCUT2D eigenvalue weighted by Crippen LogP contribution is -2.54. The van der Waals surface area contributed by atoms with Crippen molar-refractivity contribution in [3.8, 4) is 17.2 Å². The molecule has 2 aromatic carbocycles. The molecule has 0 bridgehead atoms. The van der Waals surface area contributed by atoms with Crippen LogP contribution in [0.5, 0.6) is 17.2 Å². The molecule has 4 aliphatic heterocycles. The number of sulfonamides is 1. The molecular weight excluding hydrogens is 740 g/mol. The lowest BCUT2D eigenvalue weighted by Gasteiger charge is -2.31. The van der Waals surface area contributed by atoms with Crippen LogP contribution in [0.1, 0.15) is 46.4 Å². The number of hydroxylamine groups is 1. The minimum Gasteiger partial charge on any atom is -0.454 e. The van der Waals surface area contributed by atoms with Gasteiger partial charge in [-0.1, -0.05) is 12.1 Å². The average molecular weight is 772 g/mol. The molecule has 5 heterocycles. The number of fused-ring (bicyclic) bond motifs is 2. The van der Waals surface area contributed by atoms with Gasteiger partial charge in [0.2, 0.25) is 34.6 Å². The van der Waals surface area contributed by atoms with Crippen LogP contribution in [0.25, 0.3) is 0 Å². The largest absolute Gasteiger partial charge is 0.454 e. The topological polar surface area (TPSA) is 210 Å². The number of halogens is 1. The van der Waals surface area contributed by atoms with E-state index >= 15 is 0 Å². The van der Waals surface area contributed by atoms with Crippen molar-refractivity contribution in [3.63, 3.8) is 0 Å². The predicted octanol–water partition coefficient (Wildman–Crippen LogP) is 1.90. The number of ether oxygens (including phenoxy) is 2. The SMILES string of the molecule is O=C1CCC(N2C(=O)c3cccc(ONCCS(=O)(=O)N4CCC(Nc5ncc(Br)c(Nc6cccc7c6OCO7)n5)CC4)c3C2=O)C(=O)N1. The molecule has 0 radical (unpaired) electrons. The summed E-state index contributed by atoms with van der Waals surface area (Å²) in [6.07, 6.45) is 2.70. The van der Waals surface area contributed by atoms with E-state index in [2.05, 4.69) is 47.3 Å². The molecule has 4 aliphatic rings. The van der Waals surface area contributed by atoms with Gasteiger partial charge in [0.25, 0.3) is 11.8 Å². The number of carbonyl (C=O) groups excluding carboxylic acids is 4. The Morgan fingerprint density at radius 1 is 1.02 bits per heavy atom. The highest BCUT2D eigenvalue weighted by atomic mass is 79.9. The molecule has 1 atom stereocenters. The highest BCUT2D eigenvalue weighted by molar-refractivity contribution is 9.10. The van der Waals surface area contributed by atoms with Crippen LogP contribution in [-0.4, -0.2) is 95.5 Å². The highest BCUT2D eigenvalue weighted by Crippen LogP contribution is 2.41. The number of imide groups is 2. The van der Waals surface area contributed by atoms with Gasteiger partial charge in [0.05, 0.1) is 27.0 Å². The molecule has 2 fully saturated rings. The molecule has 1 unspecified atom stereocenters. The third-order valence-corrected chi connectivity index (χ3v) is 11.1. The predicted molar refractivity (Wildman–Crippen MR) is 179 cm³/mol. The first-order valence-electron chi connectivity index (χ1n) is 15.8. The van der Waals surface area contributed by atoms with Gasteiger partial charge in [0, 0.05) is 38.3 Å². The minimum atomic E-state index is -3.66. The fourth-order valence-electron chi connectivity index (χ4n) is 6.14. The number of para-hydroxylation sites is 1. The summed E-state index contributed by atoms with van der Waals surface area (Å²) in [5, 5.41) is 8.70. The molecular formula is C31H31BrN8O9S. The highest BCUT2D eigenvalue weighted by Gasteiger charge is 2.46. The van der Waals surface area contributed by atoms with E-state index in [4.69, 9.17) is 14.3 Å². The van der Waals surface area contributed by atoms with E-state index < -0.39 is 39.7 Å². The fraction of sp³-hybridized carbons (Fsp3) is 0.355. The fourth-order valence-corrected chi connectivity index (χ4v) is 7.80. The molecule has 0 spiro atoms. The Morgan fingerprint density at radius 2 is 1.82 bits per heavy atom. The van der Waals surface area contributed by atoms with Crippen LogP contribution in [0.4, 0.5) is 17.5 Å². The Bertz CT molecular complexity index is 1990. The summed E-state index contributed by atoms with van der Waals surface area (Å²) in [7, 11) is -3.66. The Morgan fingerprint density at radius 3 is 2.62 bits per heavy atom. The first-order chi connectivity index (χ1) is 24.1. The zero-order chi connectivity index (χ0) is 35.0. The number of piperidine rings is 2. The lowest BCUT2D eigenvalue weighted by atomic mass is 10.0. The maximum Gasteiger partial charge on any atom is 0.266 e. The summed E-state index contributed by atoms with van der Waals surface area (Å²) in [6, 6.07) is 8.75. The quantitative estimate of drug-likeness (QED) is 0.125. The Hall–Kier alpha value is -4.85. The average Bonchev–Trinajstić information content (AvgIpc) is 3.68. The second kappa shape index (κ2) is 13.8. The second-order valence-corrected chi connectivity index (χ2v) is 14.8. The molecule has 1 aromatic heterocycles. The van der Waals surface area contributed by atoms with E-state index in [1.807, 2.05) is 18.2 Å². The number of nitrogens with zero attached hydrogens (tertiary/aromatic N) is 4. The van der Waals surface area contributed by atoms with Crippen LogP contribution in [0.2, 0.25) is 0 Å². The van der Waals surface area contributed by atoms with Crippen LogP contribution in [0.15, 0.2) is 47.1 Å². The van der Waals surface area contributed by atoms with Gasteiger partial charge in [-0.3, -0.25) is 29.4 Å². The van der Waals surface area contributed by atoms with Crippen molar-refractivity contribution in [1.29, 1.82) is 0 Å². The van der Waals surface area contributed by atoms with Crippen molar-refractivity contribution >= 4 is 67.0 Å². The number of rotatable bonds is 11. The number of amides is 4. The summed E-state index contributed by atoms with van der Waals surface area (Å²) in [4.78, 5) is 65.5. The molecule has 7 rings (SSSR count). The molecule has 3 aromatic rings. The van der Waals surface area contributed by atoms with E-state index in [-0.39, 0.29) is 67.9 Å². The molecule has 4 amide bonds. The van der Waals surface area contributed by atoms with Gasteiger partial charge in [0.1, 0.15) is 11.9 Å². The summed E-state index contributed by atoms with van der Waals surface area (Å²) in [5.74, 6) is -0.720. The van der Waals surface area contributed by atoms with Crippen molar-refractivity contribution < 1.29 is 41.9 Å².